The van der Waals surface area contributed by atoms with E-state index in [9.17, 15) is 0 Å². The van der Waals surface area contributed by atoms with Gasteiger partial charge >= 0.3 is 0 Å². The van der Waals surface area contributed by atoms with Crippen LogP contribution < -0.4 is 4.90 Å². The van der Waals surface area contributed by atoms with Gasteiger partial charge in [0.15, 0.2) is 5.58 Å². The third-order valence-corrected chi connectivity index (χ3v) is 11.3. The van der Waals surface area contributed by atoms with Crippen LogP contribution in [0.25, 0.3) is 99.5 Å². The molecule has 0 saturated heterocycles. The molecular weight excluding hydrogens is 713 g/mol. The molecule has 0 saturated carbocycles. The molecule has 0 bridgehead atoms. The molecule has 0 spiro atoms. The molecule has 0 aliphatic carbocycles. The summed E-state index contributed by atoms with van der Waals surface area (Å²) in [7, 11) is 0. The summed E-state index contributed by atoms with van der Waals surface area (Å²) in [4.78, 5) is 7.41. The molecule has 5 nitrogen and oxygen atoms in total. The smallest absolute Gasteiger partial charge is 0.227 e. The fourth-order valence-corrected chi connectivity index (χ4v) is 8.60. The van der Waals surface area contributed by atoms with Crippen LogP contribution in [0.15, 0.2) is 207 Å². The summed E-state index contributed by atoms with van der Waals surface area (Å²) in [5.41, 5.74) is 13.1. The first kappa shape index (κ1) is 32.4. The van der Waals surface area contributed by atoms with Crippen molar-refractivity contribution in [2.24, 2.45) is 0 Å². The van der Waals surface area contributed by atoms with E-state index in [1.54, 1.807) is 0 Å². The Labute approximate surface area is 332 Å². The summed E-state index contributed by atoms with van der Waals surface area (Å²) < 4.78 is 19.3. The number of nitrogens with zero attached hydrogens (tertiary/aromatic N) is 2. The van der Waals surface area contributed by atoms with Crippen molar-refractivity contribution in [1.82, 2.24) is 4.98 Å². The van der Waals surface area contributed by atoms with Crippen LogP contribution in [-0.2, 0) is 0 Å². The maximum Gasteiger partial charge on any atom is 0.227 e. The summed E-state index contributed by atoms with van der Waals surface area (Å²) in [6.07, 6.45) is 0. The fourth-order valence-electron chi connectivity index (χ4n) is 8.60. The van der Waals surface area contributed by atoms with Crippen LogP contribution in [-0.4, -0.2) is 4.98 Å². The Morgan fingerprint density at radius 1 is 0.362 bits per heavy atom. The Balaban J connectivity index is 1.02. The molecule has 58 heavy (non-hydrogen) atoms. The normalized spacial score (nSPS) is 11.8. The second-order valence-corrected chi connectivity index (χ2v) is 14.7. The summed E-state index contributed by atoms with van der Waals surface area (Å²) in [5.74, 6) is 0.574. The number of oxazole rings is 1. The molecule has 3 aromatic heterocycles. The number of rotatable bonds is 6. The molecule has 0 amide bonds. The molecule has 0 N–H and O–H groups in total. The number of para-hydroxylation sites is 2. The average molecular weight is 745 g/mol. The van der Waals surface area contributed by atoms with Gasteiger partial charge in [-0.25, -0.2) is 4.98 Å². The Kier molecular flexibility index (Phi) is 7.16. The first-order valence-electron chi connectivity index (χ1n) is 19.4. The third kappa shape index (κ3) is 5.14. The summed E-state index contributed by atoms with van der Waals surface area (Å²) in [6, 6.07) is 67.5. The van der Waals surface area contributed by atoms with Gasteiger partial charge in [-0.3, -0.25) is 0 Å². The molecule has 272 valence electrons. The van der Waals surface area contributed by atoms with Crippen LogP contribution in [0.2, 0.25) is 0 Å². The maximum atomic E-state index is 6.43. The van der Waals surface area contributed by atoms with Crippen LogP contribution in [0.3, 0.4) is 0 Å². The summed E-state index contributed by atoms with van der Waals surface area (Å²) in [6.45, 7) is 0. The van der Waals surface area contributed by atoms with Crippen LogP contribution in [0.1, 0.15) is 0 Å². The lowest BCUT2D eigenvalue weighted by Gasteiger charge is -2.26. The second kappa shape index (κ2) is 12.8. The molecule has 12 aromatic rings. The first-order chi connectivity index (χ1) is 28.7. The van der Waals surface area contributed by atoms with Crippen molar-refractivity contribution in [2.45, 2.75) is 0 Å². The van der Waals surface area contributed by atoms with Crippen molar-refractivity contribution in [2.75, 3.05) is 4.90 Å². The van der Waals surface area contributed by atoms with Crippen LogP contribution in [0.5, 0.6) is 0 Å². The van der Waals surface area contributed by atoms with Gasteiger partial charge in [0.05, 0.1) is 0 Å². The third-order valence-electron chi connectivity index (χ3n) is 11.3. The minimum atomic E-state index is 0.574. The van der Waals surface area contributed by atoms with Crippen molar-refractivity contribution >= 4 is 82.8 Å². The van der Waals surface area contributed by atoms with Gasteiger partial charge < -0.3 is 18.2 Å². The van der Waals surface area contributed by atoms with Gasteiger partial charge in [0.1, 0.15) is 27.8 Å². The van der Waals surface area contributed by atoms with E-state index in [4.69, 9.17) is 18.2 Å². The zero-order valence-electron chi connectivity index (χ0n) is 31.1. The first-order valence-corrected chi connectivity index (χ1v) is 19.4. The minimum absolute atomic E-state index is 0.574. The topological polar surface area (TPSA) is 55.6 Å². The molecular formula is C53H32N2O3. The number of fused-ring (bicyclic) bond motifs is 8. The average Bonchev–Trinajstić information content (AvgIpc) is 3.99. The van der Waals surface area contributed by atoms with E-state index in [2.05, 4.69) is 138 Å². The highest BCUT2D eigenvalue weighted by Crippen LogP contribution is 2.45. The van der Waals surface area contributed by atoms with Gasteiger partial charge in [0, 0.05) is 61.9 Å². The molecule has 0 unspecified atom stereocenters. The van der Waals surface area contributed by atoms with Crippen LogP contribution >= 0.6 is 0 Å². The highest BCUT2D eigenvalue weighted by atomic mass is 16.4. The van der Waals surface area contributed by atoms with Crippen molar-refractivity contribution in [1.29, 1.82) is 0 Å². The molecule has 12 rings (SSSR count). The van der Waals surface area contributed by atoms with Gasteiger partial charge in [-0.2, -0.15) is 0 Å². The van der Waals surface area contributed by atoms with Gasteiger partial charge in [-0.05, 0) is 88.1 Å². The Hall–Kier alpha value is -7.89. The van der Waals surface area contributed by atoms with E-state index in [1.807, 2.05) is 60.7 Å². The van der Waals surface area contributed by atoms with E-state index >= 15 is 0 Å². The van der Waals surface area contributed by atoms with Gasteiger partial charge in [0.2, 0.25) is 5.89 Å². The largest absolute Gasteiger partial charge is 0.456 e. The number of aromatic nitrogens is 1. The maximum absolute atomic E-state index is 6.43. The minimum Gasteiger partial charge on any atom is -0.456 e. The molecule has 5 heteroatoms. The number of anilines is 3. The van der Waals surface area contributed by atoms with Crippen molar-refractivity contribution in [3.8, 4) is 33.7 Å². The Morgan fingerprint density at radius 2 is 0.966 bits per heavy atom. The molecule has 9 aromatic carbocycles. The SMILES string of the molecule is c1ccc(-c2nc3c(-c4ccc(N(c5ccc(-c6cccc7ccccc67)cc5)c5ccc6c(c5)oc5ccccc56)cc4)c4c(cc3o2)oc2ccccc24)cc1. The quantitative estimate of drug-likeness (QED) is 0.170. The van der Waals surface area contributed by atoms with E-state index in [0.717, 1.165) is 88.7 Å². The predicted molar refractivity (Wildman–Crippen MR) is 237 cm³/mol. The predicted octanol–water partition coefficient (Wildman–Crippen LogP) is 15.3. The van der Waals surface area contributed by atoms with E-state index in [1.165, 1.54) is 16.3 Å². The van der Waals surface area contributed by atoms with Crippen molar-refractivity contribution < 1.29 is 13.3 Å². The van der Waals surface area contributed by atoms with Crippen molar-refractivity contribution in [3.63, 3.8) is 0 Å². The summed E-state index contributed by atoms with van der Waals surface area (Å²) in [5, 5.41) is 6.71. The molecule has 0 fully saturated rings. The molecule has 3 heterocycles. The highest BCUT2D eigenvalue weighted by molar-refractivity contribution is 6.19. The number of benzene rings is 9. The number of furan rings is 2. The number of hydrogen-bond donors (Lipinski definition) is 0. The van der Waals surface area contributed by atoms with Crippen LogP contribution in [0, 0.1) is 0 Å². The second-order valence-electron chi connectivity index (χ2n) is 14.7. The van der Waals surface area contributed by atoms with Gasteiger partial charge in [-0.1, -0.05) is 121 Å². The van der Waals surface area contributed by atoms with E-state index < -0.39 is 0 Å². The lowest BCUT2D eigenvalue weighted by Crippen LogP contribution is -2.09. The van der Waals surface area contributed by atoms with E-state index in [-0.39, 0.29) is 0 Å². The van der Waals surface area contributed by atoms with Crippen molar-refractivity contribution in [3.05, 3.63) is 194 Å². The molecule has 0 atom stereocenters. The monoisotopic (exact) mass is 744 g/mol. The standard InChI is InChI=1S/C53H32N2O3/c1-2-12-36(13-3-1)53-54-52-49(58-53)32-48-51(44-17-7-9-20-46(44)57-48)50(52)35-23-27-38(28-24-35)55(39-29-30-43-42-16-6-8-19-45(42)56-47(43)31-39)37-25-21-34(22-26-37)41-18-10-14-33-11-4-5-15-40(33)41/h1-32H. The summed E-state index contributed by atoms with van der Waals surface area (Å²) >= 11 is 0. The van der Waals surface area contributed by atoms with E-state index in [0.29, 0.717) is 11.5 Å². The van der Waals surface area contributed by atoms with Gasteiger partial charge in [-0.15, -0.1) is 0 Å². The van der Waals surface area contributed by atoms with Crippen LogP contribution in [0.4, 0.5) is 17.1 Å². The molecule has 0 radical (unpaired) electrons. The zero-order chi connectivity index (χ0) is 38.2. The lowest BCUT2D eigenvalue weighted by molar-refractivity contribution is 0.617. The number of hydrogen-bond acceptors (Lipinski definition) is 5. The molecule has 0 aliphatic heterocycles. The highest BCUT2D eigenvalue weighted by Gasteiger charge is 2.22. The Bertz CT molecular complexity index is 3500. The fraction of sp³-hybridized carbons (Fsp3) is 0. The molecule has 0 aliphatic rings. The lowest BCUT2D eigenvalue weighted by atomic mass is 9.97. The van der Waals surface area contributed by atoms with Gasteiger partial charge in [0.25, 0.3) is 0 Å². The Morgan fingerprint density at radius 3 is 1.76 bits per heavy atom. The zero-order valence-corrected chi connectivity index (χ0v) is 31.1.